The van der Waals surface area contributed by atoms with Crippen LogP contribution in [-0.2, 0) is 6.54 Å². The molecule has 0 aliphatic rings. The van der Waals surface area contributed by atoms with E-state index in [1.807, 2.05) is 29.1 Å². The van der Waals surface area contributed by atoms with E-state index in [0.29, 0.717) is 12.3 Å². The molecule has 0 aliphatic carbocycles. The summed E-state index contributed by atoms with van der Waals surface area (Å²) in [5.74, 6) is 0.740. The smallest absolute Gasteiger partial charge is 0.388 e. The minimum absolute atomic E-state index is 0.151. The number of carbonyl (C=O) groups excluding carboxylic acids is 1. The largest absolute Gasteiger partial charge is 0.414 e. The van der Waals surface area contributed by atoms with Gasteiger partial charge in [0, 0.05) is 25.5 Å². The van der Waals surface area contributed by atoms with Crippen LogP contribution in [0.2, 0.25) is 0 Å². The number of aryl methyl sites for hydroxylation is 2. The predicted molar refractivity (Wildman–Crippen MR) is 85.4 cm³/mol. The van der Waals surface area contributed by atoms with E-state index in [2.05, 4.69) is 15.5 Å². The van der Waals surface area contributed by atoms with Crippen LogP contribution in [0.1, 0.15) is 12.0 Å². The van der Waals surface area contributed by atoms with Crippen molar-refractivity contribution in [3.63, 3.8) is 0 Å². The first kappa shape index (κ1) is 15.3. The first-order valence-corrected chi connectivity index (χ1v) is 8.02. The number of hydrogen-bond donors (Lipinski definition) is 1. The summed E-state index contributed by atoms with van der Waals surface area (Å²) in [7, 11) is 0. The molecule has 0 aromatic carbocycles. The van der Waals surface area contributed by atoms with Crippen LogP contribution < -0.4 is 10.1 Å². The van der Waals surface area contributed by atoms with Crippen molar-refractivity contribution in [1.29, 1.82) is 0 Å². The Labute approximate surface area is 136 Å². The molecule has 120 valence electrons. The van der Waals surface area contributed by atoms with Crippen LogP contribution in [-0.4, -0.2) is 27.3 Å². The highest BCUT2D eigenvalue weighted by molar-refractivity contribution is 7.13. The minimum atomic E-state index is -0.544. The van der Waals surface area contributed by atoms with E-state index in [0.717, 1.165) is 23.4 Å². The lowest BCUT2D eigenvalue weighted by Crippen LogP contribution is -2.28. The lowest BCUT2D eigenvalue weighted by Gasteiger charge is -2.04. The Kier molecular flexibility index (Phi) is 4.72. The van der Waals surface area contributed by atoms with Crippen molar-refractivity contribution < 1.29 is 14.1 Å². The number of amides is 1. The first-order chi connectivity index (χ1) is 11.2. The molecule has 0 fully saturated rings. The molecule has 1 N–H and O–H groups in total. The maximum absolute atomic E-state index is 11.7. The molecular weight excluding hydrogens is 316 g/mol. The lowest BCUT2D eigenvalue weighted by atomic mass is 10.3. The summed E-state index contributed by atoms with van der Waals surface area (Å²) in [5.41, 5.74) is 1.15. The van der Waals surface area contributed by atoms with Gasteiger partial charge >= 0.3 is 6.09 Å². The standard InChI is InChI=1S/C15H16N4O3S/c1-11-7-13(23-9-11)12-8-14(18-22-12)21-15(20)17-3-2-5-19-6-4-16-10-19/h4,6-10H,2-3,5H2,1H3,(H,17,20). The molecule has 7 nitrogen and oxygen atoms in total. The number of hydrogen-bond acceptors (Lipinski definition) is 6. The maximum atomic E-state index is 11.7. The fourth-order valence-electron chi connectivity index (χ4n) is 1.99. The van der Waals surface area contributed by atoms with Crippen molar-refractivity contribution in [2.75, 3.05) is 6.54 Å². The summed E-state index contributed by atoms with van der Waals surface area (Å²) in [6, 6.07) is 3.60. The Morgan fingerprint density at radius 3 is 3.13 bits per heavy atom. The van der Waals surface area contributed by atoms with Gasteiger partial charge in [0.15, 0.2) is 5.76 Å². The van der Waals surface area contributed by atoms with E-state index in [1.165, 1.54) is 0 Å². The van der Waals surface area contributed by atoms with Gasteiger partial charge in [-0.2, -0.15) is 0 Å². The minimum Gasteiger partial charge on any atom is -0.388 e. The van der Waals surface area contributed by atoms with E-state index >= 15 is 0 Å². The monoisotopic (exact) mass is 332 g/mol. The summed E-state index contributed by atoms with van der Waals surface area (Å²) in [4.78, 5) is 16.6. The molecular formula is C15H16N4O3S. The van der Waals surface area contributed by atoms with Crippen LogP contribution in [0, 0.1) is 6.92 Å². The number of thiophene rings is 1. The second kappa shape index (κ2) is 7.10. The molecule has 0 bridgehead atoms. The molecule has 1 amide bonds. The zero-order valence-corrected chi connectivity index (χ0v) is 13.4. The topological polar surface area (TPSA) is 82.2 Å². The van der Waals surface area contributed by atoms with Crippen LogP contribution in [0.4, 0.5) is 4.79 Å². The van der Waals surface area contributed by atoms with Crippen molar-refractivity contribution in [3.05, 3.63) is 41.8 Å². The quantitative estimate of drug-likeness (QED) is 0.701. The van der Waals surface area contributed by atoms with Crippen LogP contribution >= 0.6 is 11.3 Å². The Bertz CT molecular complexity index is 763. The molecule has 0 saturated carbocycles. The zero-order chi connectivity index (χ0) is 16.1. The first-order valence-electron chi connectivity index (χ1n) is 7.14. The molecule has 0 spiro atoms. The number of aromatic nitrogens is 3. The summed E-state index contributed by atoms with van der Waals surface area (Å²) in [6.07, 6.45) is 5.57. The number of carbonyl (C=O) groups is 1. The Morgan fingerprint density at radius 2 is 2.39 bits per heavy atom. The highest BCUT2D eigenvalue weighted by Crippen LogP contribution is 2.29. The highest BCUT2D eigenvalue weighted by Gasteiger charge is 2.12. The SMILES string of the molecule is Cc1csc(-c2cc(OC(=O)NCCCn3ccnc3)no2)c1. The van der Waals surface area contributed by atoms with Gasteiger partial charge < -0.3 is 19.1 Å². The Hall–Kier alpha value is -2.61. The molecule has 23 heavy (non-hydrogen) atoms. The van der Waals surface area contributed by atoms with Gasteiger partial charge in [-0.05, 0) is 35.5 Å². The second-order valence-electron chi connectivity index (χ2n) is 4.99. The lowest BCUT2D eigenvalue weighted by molar-refractivity contribution is 0.195. The molecule has 0 unspecified atom stereocenters. The number of nitrogens with one attached hydrogen (secondary N) is 1. The number of rotatable bonds is 6. The molecule has 0 atom stereocenters. The van der Waals surface area contributed by atoms with Gasteiger partial charge in [0.25, 0.3) is 5.88 Å². The molecule has 3 rings (SSSR count). The van der Waals surface area contributed by atoms with E-state index in [-0.39, 0.29) is 5.88 Å². The Balaban J connectivity index is 1.44. The predicted octanol–water partition coefficient (Wildman–Crippen LogP) is 3.09. The van der Waals surface area contributed by atoms with E-state index in [1.54, 1.807) is 29.9 Å². The maximum Gasteiger partial charge on any atom is 0.414 e. The fourth-order valence-corrected chi connectivity index (χ4v) is 2.83. The van der Waals surface area contributed by atoms with Gasteiger partial charge in [-0.15, -0.1) is 11.3 Å². The van der Waals surface area contributed by atoms with E-state index in [9.17, 15) is 4.79 Å². The van der Waals surface area contributed by atoms with Crippen LogP contribution in [0.5, 0.6) is 5.88 Å². The number of nitrogens with zero attached hydrogens (tertiary/aromatic N) is 3. The summed E-state index contributed by atoms with van der Waals surface area (Å²) in [5, 5.41) is 8.44. The summed E-state index contributed by atoms with van der Waals surface area (Å²) in [6.45, 7) is 3.29. The van der Waals surface area contributed by atoms with Crippen molar-refractivity contribution in [1.82, 2.24) is 20.0 Å². The van der Waals surface area contributed by atoms with Gasteiger partial charge in [-0.3, -0.25) is 0 Å². The van der Waals surface area contributed by atoms with E-state index in [4.69, 9.17) is 9.26 Å². The van der Waals surface area contributed by atoms with E-state index < -0.39 is 6.09 Å². The third kappa shape index (κ3) is 4.19. The highest BCUT2D eigenvalue weighted by atomic mass is 32.1. The van der Waals surface area contributed by atoms with Crippen molar-refractivity contribution in [3.8, 4) is 16.5 Å². The summed E-state index contributed by atoms with van der Waals surface area (Å²) >= 11 is 1.55. The normalized spacial score (nSPS) is 10.7. The average Bonchev–Trinajstić information content (AvgIpc) is 3.25. The van der Waals surface area contributed by atoms with Gasteiger partial charge in [0.1, 0.15) is 0 Å². The van der Waals surface area contributed by atoms with Crippen LogP contribution in [0.25, 0.3) is 10.6 Å². The van der Waals surface area contributed by atoms with Gasteiger partial charge in [0.05, 0.1) is 17.3 Å². The van der Waals surface area contributed by atoms with Crippen molar-refractivity contribution in [2.45, 2.75) is 19.9 Å². The average molecular weight is 332 g/mol. The Morgan fingerprint density at radius 1 is 1.48 bits per heavy atom. The van der Waals surface area contributed by atoms with Crippen molar-refractivity contribution >= 4 is 17.4 Å². The molecule has 0 radical (unpaired) electrons. The number of imidazole rings is 1. The summed E-state index contributed by atoms with van der Waals surface area (Å²) < 4.78 is 12.2. The third-order valence-corrected chi connectivity index (χ3v) is 4.14. The molecule has 3 aromatic heterocycles. The number of ether oxygens (including phenoxy) is 1. The second-order valence-corrected chi connectivity index (χ2v) is 5.90. The molecule has 3 aromatic rings. The van der Waals surface area contributed by atoms with Gasteiger partial charge in [0.2, 0.25) is 0 Å². The van der Waals surface area contributed by atoms with Crippen LogP contribution in [0.3, 0.4) is 0 Å². The molecule has 0 aliphatic heterocycles. The van der Waals surface area contributed by atoms with Crippen molar-refractivity contribution in [2.24, 2.45) is 0 Å². The molecule has 8 heteroatoms. The van der Waals surface area contributed by atoms with Crippen LogP contribution in [0.15, 0.2) is 40.8 Å². The fraction of sp³-hybridized carbons (Fsp3) is 0.267. The van der Waals surface area contributed by atoms with Gasteiger partial charge in [-0.1, -0.05) is 0 Å². The molecule has 0 saturated heterocycles. The molecule has 3 heterocycles. The zero-order valence-electron chi connectivity index (χ0n) is 12.6. The van der Waals surface area contributed by atoms with Gasteiger partial charge in [-0.25, -0.2) is 9.78 Å². The third-order valence-electron chi connectivity index (χ3n) is 3.08.